The number of unbranched alkanes of at least 4 members (excludes halogenated alkanes) is 1. The van der Waals surface area contributed by atoms with E-state index in [2.05, 4.69) is 42.0 Å². The van der Waals surface area contributed by atoms with Crippen LogP contribution in [0.2, 0.25) is 0 Å². The molecule has 100 valence electrons. The summed E-state index contributed by atoms with van der Waals surface area (Å²) in [5.41, 5.74) is 4.01. The molecule has 1 nitrogen and oxygen atoms in total. The van der Waals surface area contributed by atoms with Crippen molar-refractivity contribution in [2.75, 3.05) is 0 Å². The summed E-state index contributed by atoms with van der Waals surface area (Å²) in [5, 5.41) is 0. The number of fused-ring (bicyclic) bond motifs is 1. The summed E-state index contributed by atoms with van der Waals surface area (Å²) in [4.78, 5) is 4.37. The first-order chi connectivity index (χ1) is 8.77. The topological polar surface area (TPSA) is 12.9 Å². The fraction of sp³-hybridized carbons (Fsp3) is 0.615. The highest BCUT2D eigenvalue weighted by Crippen LogP contribution is 2.72. The van der Waals surface area contributed by atoms with Crippen LogP contribution in [-0.2, 0) is 6.42 Å². The zero-order valence-corrected chi connectivity index (χ0v) is 15.2. The lowest BCUT2D eigenvalue weighted by Gasteiger charge is -2.36. The lowest BCUT2D eigenvalue weighted by Crippen LogP contribution is -2.23. The highest BCUT2D eigenvalue weighted by molar-refractivity contribution is 8.61. The molecule has 0 N–H and O–H groups in total. The predicted molar refractivity (Wildman–Crippen MR) is 93.3 cm³/mol. The maximum Gasteiger partial charge on any atom is 0.0305 e. The molecule has 0 aromatic carbocycles. The van der Waals surface area contributed by atoms with Gasteiger partial charge in [-0.05, 0) is 48.0 Å². The van der Waals surface area contributed by atoms with Gasteiger partial charge in [0, 0.05) is 12.4 Å². The van der Waals surface area contributed by atoms with Crippen LogP contribution in [0.15, 0.2) is 18.5 Å². The van der Waals surface area contributed by atoms with Crippen molar-refractivity contribution < 1.29 is 0 Å². The minimum Gasteiger partial charge on any atom is -0.264 e. The molecule has 18 heavy (non-hydrogen) atoms. The molecule has 0 fully saturated rings. The second-order valence-electron chi connectivity index (χ2n) is 4.97. The number of nitrogens with zero attached hydrogens (tertiary/aromatic N) is 1. The number of hydrogen-bond acceptors (Lipinski definition) is 1. The summed E-state index contributed by atoms with van der Waals surface area (Å²) in [6, 6.07) is 2.23. The fourth-order valence-corrected chi connectivity index (χ4v) is 8.50. The average Bonchev–Trinajstić information content (AvgIpc) is 2.43. The van der Waals surface area contributed by atoms with Crippen molar-refractivity contribution in [3.05, 3.63) is 29.6 Å². The molecule has 0 radical (unpaired) electrons. The van der Waals surface area contributed by atoms with Gasteiger partial charge in [0.25, 0.3) is 0 Å². The SMILES string of the molecule is CCCC[C@@H]1c2cnccc2CC[C@@H]1P(P)PP. The van der Waals surface area contributed by atoms with Crippen LogP contribution in [0, 0.1) is 0 Å². The molecule has 1 aliphatic carbocycles. The lowest BCUT2D eigenvalue weighted by atomic mass is 9.81. The summed E-state index contributed by atoms with van der Waals surface area (Å²) in [5.74, 6) is 0.763. The van der Waals surface area contributed by atoms with E-state index in [1.165, 1.54) is 32.1 Å². The number of hydrogen-bond donors (Lipinski definition) is 0. The molecular weight excluding hydrogens is 294 g/mol. The maximum atomic E-state index is 4.37. The highest BCUT2D eigenvalue weighted by Gasteiger charge is 2.32. The van der Waals surface area contributed by atoms with E-state index in [-0.39, 0.29) is 7.30 Å². The van der Waals surface area contributed by atoms with E-state index in [0.29, 0.717) is 0 Å². The molecule has 2 rings (SSSR count). The second kappa shape index (κ2) is 7.60. The van der Waals surface area contributed by atoms with E-state index in [4.69, 9.17) is 0 Å². The molecule has 0 bridgehead atoms. The van der Waals surface area contributed by atoms with E-state index in [1.807, 2.05) is 6.20 Å². The van der Waals surface area contributed by atoms with Gasteiger partial charge in [0.15, 0.2) is 0 Å². The largest absolute Gasteiger partial charge is 0.264 e. The minimum atomic E-state index is 0.103. The van der Waals surface area contributed by atoms with Gasteiger partial charge in [-0.1, -0.05) is 35.0 Å². The Kier molecular flexibility index (Phi) is 6.44. The molecular formula is C13H23NP4. The zero-order valence-electron chi connectivity index (χ0n) is 11.0. The average molecular weight is 317 g/mol. The normalized spacial score (nSPS) is 25.3. The van der Waals surface area contributed by atoms with Crippen molar-refractivity contribution >= 4 is 33.1 Å². The summed E-state index contributed by atoms with van der Waals surface area (Å²) < 4.78 is 0. The van der Waals surface area contributed by atoms with E-state index < -0.39 is 0 Å². The summed E-state index contributed by atoms with van der Waals surface area (Å²) in [6.45, 7) is 2.29. The monoisotopic (exact) mass is 317 g/mol. The van der Waals surface area contributed by atoms with Crippen LogP contribution in [0.3, 0.4) is 0 Å². The zero-order chi connectivity index (χ0) is 13.0. The molecule has 1 aliphatic rings. The Hall–Kier alpha value is 0.870. The summed E-state index contributed by atoms with van der Waals surface area (Å²) in [6.07, 6.45) is 10.7. The summed E-state index contributed by atoms with van der Waals surface area (Å²) in [7, 11) is 7.22. The van der Waals surface area contributed by atoms with Gasteiger partial charge in [-0.2, -0.15) is 0 Å². The fourth-order valence-electron chi connectivity index (χ4n) is 2.91. The summed E-state index contributed by atoms with van der Waals surface area (Å²) >= 11 is 0. The minimum absolute atomic E-state index is 0.103. The van der Waals surface area contributed by atoms with Crippen molar-refractivity contribution in [2.24, 2.45) is 0 Å². The van der Waals surface area contributed by atoms with Crippen LogP contribution < -0.4 is 0 Å². The van der Waals surface area contributed by atoms with Crippen LogP contribution in [0.4, 0.5) is 0 Å². The molecule has 1 heterocycles. The molecule has 0 spiro atoms. The first kappa shape index (κ1) is 15.3. The van der Waals surface area contributed by atoms with E-state index in [0.717, 1.165) is 19.5 Å². The van der Waals surface area contributed by atoms with Crippen LogP contribution in [-0.4, -0.2) is 10.6 Å². The second-order valence-corrected chi connectivity index (χ2v) is 14.6. The molecule has 5 heteroatoms. The molecule has 0 saturated heterocycles. The Balaban J connectivity index is 2.24. The molecule has 0 aliphatic heterocycles. The van der Waals surface area contributed by atoms with E-state index in [9.17, 15) is 0 Å². The van der Waals surface area contributed by atoms with Gasteiger partial charge in [0.2, 0.25) is 0 Å². The molecule has 1 aromatic heterocycles. The number of aryl methyl sites for hydroxylation is 1. The van der Waals surface area contributed by atoms with Crippen molar-refractivity contribution in [1.29, 1.82) is 0 Å². The first-order valence-electron chi connectivity index (χ1n) is 6.70. The van der Waals surface area contributed by atoms with Crippen molar-refractivity contribution in [1.82, 2.24) is 4.98 Å². The van der Waals surface area contributed by atoms with Crippen molar-refractivity contribution in [3.63, 3.8) is 0 Å². The third kappa shape index (κ3) is 3.49. The number of rotatable bonds is 5. The number of aromatic nitrogens is 1. The van der Waals surface area contributed by atoms with Gasteiger partial charge in [-0.25, -0.2) is 0 Å². The van der Waals surface area contributed by atoms with Gasteiger partial charge in [-0.15, -0.1) is 17.9 Å². The standard InChI is InChI=1S/C13H23NP4/c1-2-3-4-11-12-9-14-8-7-10(12)5-6-13(11)18(16)17-15/h7-9,11,13,17H,2-6,15-16H2,1H3/t11-,13+,18?/m1/s1. The molecule has 1 aromatic rings. The molecule has 0 saturated carbocycles. The van der Waals surface area contributed by atoms with Gasteiger partial charge in [0.1, 0.15) is 0 Å². The smallest absolute Gasteiger partial charge is 0.0305 e. The highest BCUT2D eigenvalue weighted by atomic mass is 32.6. The van der Waals surface area contributed by atoms with Gasteiger partial charge < -0.3 is 0 Å². The molecule has 0 amide bonds. The Morgan fingerprint density at radius 3 is 3.11 bits per heavy atom. The third-order valence-electron chi connectivity index (χ3n) is 3.89. The number of pyridine rings is 1. The van der Waals surface area contributed by atoms with Gasteiger partial charge in [-0.3, -0.25) is 4.98 Å². The lowest BCUT2D eigenvalue weighted by molar-refractivity contribution is 0.510. The predicted octanol–water partition coefficient (Wildman–Crippen LogP) is 5.33. The van der Waals surface area contributed by atoms with Crippen molar-refractivity contribution in [3.8, 4) is 0 Å². The third-order valence-corrected chi connectivity index (χ3v) is 15.3. The Labute approximate surface area is 118 Å². The Morgan fingerprint density at radius 1 is 1.56 bits per heavy atom. The van der Waals surface area contributed by atoms with Crippen LogP contribution in [0.25, 0.3) is 0 Å². The van der Waals surface area contributed by atoms with Gasteiger partial charge in [0.05, 0.1) is 0 Å². The van der Waals surface area contributed by atoms with Crippen LogP contribution >= 0.6 is 33.1 Å². The Morgan fingerprint density at radius 2 is 2.39 bits per heavy atom. The van der Waals surface area contributed by atoms with E-state index >= 15 is 0 Å². The molecule has 4 unspecified atom stereocenters. The van der Waals surface area contributed by atoms with Gasteiger partial charge >= 0.3 is 0 Å². The Bertz CT molecular complexity index is 385. The van der Waals surface area contributed by atoms with Crippen LogP contribution in [0.5, 0.6) is 0 Å². The van der Waals surface area contributed by atoms with Crippen molar-refractivity contribution in [2.45, 2.75) is 50.6 Å². The molecule has 6 atom stereocenters. The van der Waals surface area contributed by atoms with E-state index in [1.54, 1.807) is 11.1 Å². The maximum absolute atomic E-state index is 4.37. The quantitative estimate of drug-likeness (QED) is 0.669. The first-order valence-corrected chi connectivity index (χ1v) is 13.4. The van der Waals surface area contributed by atoms with Crippen LogP contribution in [0.1, 0.15) is 49.7 Å².